The third-order valence-corrected chi connectivity index (χ3v) is 4.08. The lowest BCUT2D eigenvalue weighted by Crippen LogP contribution is -2.05. The van der Waals surface area contributed by atoms with Crippen LogP contribution in [0, 0.1) is 0 Å². The van der Waals surface area contributed by atoms with Gasteiger partial charge in [0.2, 0.25) is 0 Å². The molecular formula is C24H24O3. The Kier molecular flexibility index (Phi) is 7.50. The SMILES string of the molecule is CCCC.O=C(c1ccccc1)c1ccc(C(=O)c2ccccc2)c(O)c1. The fourth-order valence-electron chi connectivity index (χ4n) is 2.37. The molecule has 3 rings (SSSR count). The van der Waals surface area contributed by atoms with Crippen molar-refractivity contribution in [3.8, 4) is 5.75 Å². The minimum absolute atomic E-state index is 0.181. The Bertz CT molecular complexity index is 882. The third-order valence-electron chi connectivity index (χ3n) is 4.08. The van der Waals surface area contributed by atoms with Crippen LogP contribution in [0.5, 0.6) is 5.75 Å². The highest BCUT2D eigenvalue weighted by Gasteiger charge is 2.16. The van der Waals surface area contributed by atoms with Gasteiger partial charge in [-0.05, 0) is 12.1 Å². The molecule has 0 aromatic heterocycles. The minimum atomic E-state index is -0.276. The van der Waals surface area contributed by atoms with Crippen LogP contribution in [0.4, 0.5) is 0 Å². The maximum atomic E-state index is 12.4. The molecule has 0 amide bonds. The number of phenols is 1. The Balaban J connectivity index is 0.000000596. The molecule has 0 fully saturated rings. The molecule has 3 aromatic rings. The highest BCUT2D eigenvalue weighted by atomic mass is 16.3. The summed E-state index contributed by atoms with van der Waals surface area (Å²) < 4.78 is 0. The first-order chi connectivity index (χ1) is 13.1. The molecule has 0 saturated heterocycles. The van der Waals surface area contributed by atoms with Crippen molar-refractivity contribution in [2.45, 2.75) is 26.7 Å². The normalized spacial score (nSPS) is 9.85. The number of unbranched alkanes of at least 4 members (excludes halogenated alkanes) is 1. The summed E-state index contributed by atoms with van der Waals surface area (Å²) in [6, 6.07) is 21.9. The van der Waals surface area contributed by atoms with Gasteiger partial charge in [0.15, 0.2) is 11.6 Å². The van der Waals surface area contributed by atoms with Crippen molar-refractivity contribution >= 4 is 11.6 Å². The standard InChI is InChI=1S/C20H14O3.C4H10/c21-18-13-16(19(22)14-7-3-1-4-8-14)11-12-17(18)20(23)15-9-5-2-6-10-15;1-3-4-2/h1-13,21H;3-4H2,1-2H3. The number of phenolic OH excluding ortho intramolecular Hbond substituents is 1. The van der Waals surface area contributed by atoms with Crippen LogP contribution >= 0.6 is 0 Å². The van der Waals surface area contributed by atoms with Gasteiger partial charge in [0, 0.05) is 16.7 Å². The van der Waals surface area contributed by atoms with E-state index in [2.05, 4.69) is 13.8 Å². The molecule has 0 atom stereocenters. The average molecular weight is 360 g/mol. The highest BCUT2D eigenvalue weighted by Crippen LogP contribution is 2.23. The average Bonchev–Trinajstić information content (AvgIpc) is 2.74. The third kappa shape index (κ3) is 5.38. The van der Waals surface area contributed by atoms with Crippen molar-refractivity contribution in [1.29, 1.82) is 0 Å². The second kappa shape index (κ2) is 10.1. The summed E-state index contributed by atoms with van der Waals surface area (Å²) in [6.45, 7) is 4.36. The van der Waals surface area contributed by atoms with Gasteiger partial charge in [0.25, 0.3) is 0 Å². The maximum Gasteiger partial charge on any atom is 0.196 e. The van der Waals surface area contributed by atoms with Gasteiger partial charge >= 0.3 is 0 Å². The number of aromatic hydroxyl groups is 1. The zero-order valence-corrected chi connectivity index (χ0v) is 15.7. The van der Waals surface area contributed by atoms with Crippen molar-refractivity contribution in [2.24, 2.45) is 0 Å². The summed E-state index contributed by atoms with van der Waals surface area (Å²) in [6.07, 6.45) is 2.64. The van der Waals surface area contributed by atoms with E-state index in [9.17, 15) is 14.7 Å². The van der Waals surface area contributed by atoms with E-state index >= 15 is 0 Å². The number of rotatable bonds is 5. The van der Waals surface area contributed by atoms with Crippen molar-refractivity contribution in [3.63, 3.8) is 0 Å². The predicted molar refractivity (Wildman–Crippen MR) is 108 cm³/mol. The summed E-state index contributed by atoms with van der Waals surface area (Å²) in [4.78, 5) is 24.7. The molecule has 0 spiro atoms. The van der Waals surface area contributed by atoms with E-state index in [1.807, 2.05) is 12.1 Å². The van der Waals surface area contributed by atoms with E-state index in [1.165, 1.54) is 25.0 Å². The van der Waals surface area contributed by atoms with Crippen molar-refractivity contribution < 1.29 is 14.7 Å². The molecule has 3 heteroatoms. The van der Waals surface area contributed by atoms with Crippen LogP contribution < -0.4 is 0 Å². The molecule has 138 valence electrons. The van der Waals surface area contributed by atoms with Crippen molar-refractivity contribution in [3.05, 3.63) is 101 Å². The second-order valence-corrected chi connectivity index (χ2v) is 6.12. The molecule has 0 saturated carbocycles. The quantitative estimate of drug-likeness (QED) is 0.597. The number of hydrogen-bond donors (Lipinski definition) is 1. The van der Waals surface area contributed by atoms with Gasteiger partial charge in [-0.2, -0.15) is 0 Å². The molecule has 0 aliphatic carbocycles. The molecule has 0 bridgehead atoms. The molecule has 3 nitrogen and oxygen atoms in total. The molecule has 0 unspecified atom stereocenters. The first-order valence-corrected chi connectivity index (χ1v) is 9.11. The Morgan fingerprint density at radius 1 is 0.667 bits per heavy atom. The van der Waals surface area contributed by atoms with Crippen LogP contribution in [0.3, 0.4) is 0 Å². The molecule has 1 N–H and O–H groups in total. The van der Waals surface area contributed by atoms with Crippen molar-refractivity contribution in [2.75, 3.05) is 0 Å². The topological polar surface area (TPSA) is 54.4 Å². The van der Waals surface area contributed by atoms with Crippen LogP contribution in [0.15, 0.2) is 78.9 Å². The zero-order chi connectivity index (χ0) is 19.6. The van der Waals surface area contributed by atoms with Crippen molar-refractivity contribution in [1.82, 2.24) is 0 Å². The lowest BCUT2D eigenvalue weighted by molar-refractivity contribution is 0.102. The summed E-state index contributed by atoms with van der Waals surface area (Å²) in [5.74, 6) is -0.665. The largest absolute Gasteiger partial charge is 0.507 e. The van der Waals surface area contributed by atoms with E-state index in [1.54, 1.807) is 54.6 Å². The molecule has 0 heterocycles. The Labute approximate surface area is 160 Å². The Hall–Kier alpha value is -3.20. The van der Waals surface area contributed by atoms with Crippen LogP contribution in [-0.2, 0) is 0 Å². The van der Waals surface area contributed by atoms with Gasteiger partial charge in [0.05, 0.1) is 5.56 Å². The fourth-order valence-corrected chi connectivity index (χ4v) is 2.37. The number of benzene rings is 3. The van der Waals surface area contributed by atoms with E-state index in [4.69, 9.17) is 0 Å². The fraction of sp³-hybridized carbons (Fsp3) is 0.167. The number of ketones is 2. The molecular weight excluding hydrogens is 336 g/mol. The van der Waals surface area contributed by atoms with Crippen LogP contribution in [0.1, 0.15) is 58.5 Å². The molecule has 3 aromatic carbocycles. The molecule has 0 radical (unpaired) electrons. The number of carbonyl (C=O) groups is 2. The number of carbonyl (C=O) groups excluding carboxylic acids is 2. The van der Waals surface area contributed by atoms with Crippen LogP contribution in [0.25, 0.3) is 0 Å². The summed E-state index contributed by atoms with van der Waals surface area (Å²) >= 11 is 0. The van der Waals surface area contributed by atoms with Crippen LogP contribution in [-0.4, -0.2) is 16.7 Å². The van der Waals surface area contributed by atoms with Crippen LogP contribution in [0.2, 0.25) is 0 Å². The molecule has 0 aliphatic heterocycles. The van der Waals surface area contributed by atoms with Gasteiger partial charge in [-0.15, -0.1) is 0 Å². The van der Waals surface area contributed by atoms with E-state index in [0.717, 1.165) is 0 Å². The first-order valence-electron chi connectivity index (χ1n) is 9.11. The van der Waals surface area contributed by atoms with E-state index in [0.29, 0.717) is 16.7 Å². The second-order valence-electron chi connectivity index (χ2n) is 6.12. The Morgan fingerprint density at radius 2 is 1.15 bits per heavy atom. The van der Waals surface area contributed by atoms with E-state index < -0.39 is 0 Å². The highest BCUT2D eigenvalue weighted by molar-refractivity contribution is 6.13. The lowest BCUT2D eigenvalue weighted by Gasteiger charge is -2.07. The predicted octanol–water partition coefficient (Wildman–Crippen LogP) is 5.66. The van der Waals surface area contributed by atoms with Gasteiger partial charge in [-0.1, -0.05) is 93.4 Å². The first kappa shape index (κ1) is 20.1. The lowest BCUT2D eigenvalue weighted by atomic mass is 9.98. The number of hydrogen-bond acceptors (Lipinski definition) is 3. The van der Waals surface area contributed by atoms with Gasteiger partial charge < -0.3 is 5.11 Å². The summed E-state index contributed by atoms with van der Waals surface area (Å²) in [5.41, 5.74) is 1.55. The molecule has 0 aliphatic rings. The summed E-state index contributed by atoms with van der Waals surface area (Å²) in [7, 11) is 0. The van der Waals surface area contributed by atoms with E-state index in [-0.39, 0.29) is 22.9 Å². The monoisotopic (exact) mass is 360 g/mol. The van der Waals surface area contributed by atoms with Gasteiger partial charge in [-0.3, -0.25) is 9.59 Å². The van der Waals surface area contributed by atoms with Gasteiger partial charge in [-0.25, -0.2) is 0 Å². The molecule has 27 heavy (non-hydrogen) atoms. The minimum Gasteiger partial charge on any atom is -0.507 e. The maximum absolute atomic E-state index is 12.4. The smallest absolute Gasteiger partial charge is 0.196 e. The van der Waals surface area contributed by atoms with Gasteiger partial charge in [0.1, 0.15) is 5.75 Å². The Morgan fingerprint density at radius 3 is 1.59 bits per heavy atom. The summed E-state index contributed by atoms with van der Waals surface area (Å²) in [5, 5.41) is 10.1. The zero-order valence-electron chi connectivity index (χ0n) is 15.7.